The molecule has 232 valence electrons. The zero-order chi connectivity index (χ0) is 31.6. The second-order valence-corrected chi connectivity index (χ2v) is 11.5. The van der Waals surface area contributed by atoms with Crippen LogP contribution in [0.2, 0.25) is 0 Å². The molecule has 0 saturated carbocycles. The second kappa shape index (κ2) is 12.4. The van der Waals surface area contributed by atoms with E-state index < -0.39 is 4.92 Å². The number of nitrogens with zero attached hydrogens (tertiary/aromatic N) is 6. The number of piperazine rings is 1. The predicted octanol–water partition coefficient (Wildman–Crippen LogP) is 5.67. The summed E-state index contributed by atoms with van der Waals surface area (Å²) in [5.41, 5.74) is 7.25. The van der Waals surface area contributed by atoms with Crippen LogP contribution in [0.3, 0.4) is 0 Å². The minimum atomic E-state index is -0.439. The largest absolute Gasteiger partial charge is 0.464 e. The van der Waals surface area contributed by atoms with Crippen LogP contribution in [0.5, 0.6) is 0 Å². The monoisotopic (exact) mass is 615 g/mol. The van der Waals surface area contributed by atoms with Crippen LogP contribution in [-0.4, -0.2) is 74.7 Å². The molecule has 46 heavy (non-hydrogen) atoms. The van der Waals surface area contributed by atoms with Crippen molar-refractivity contribution in [3.05, 3.63) is 112 Å². The maximum atomic E-state index is 12.6. The molecule has 11 nitrogen and oxygen atoms in total. The Morgan fingerprint density at radius 3 is 2.39 bits per heavy atom. The molecule has 6 aromatic rings. The van der Waals surface area contributed by atoms with Crippen molar-refractivity contribution in [3.8, 4) is 22.4 Å². The number of esters is 1. The highest BCUT2D eigenvalue weighted by molar-refractivity contribution is 5.89. The number of aromatic nitrogens is 4. The van der Waals surface area contributed by atoms with Crippen molar-refractivity contribution < 1.29 is 14.5 Å². The first-order valence-electron chi connectivity index (χ1n) is 15.3. The van der Waals surface area contributed by atoms with Gasteiger partial charge in [-0.2, -0.15) is 9.61 Å². The Morgan fingerprint density at radius 2 is 1.67 bits per heavy atom. The van der Waals surface area contributed by atoms with E-state index in [1.165, 1.54) is 12.1 Å². The third-order valence-electron chi connectivity index (χ3n) is 8.54. The zero-order valence-electron chi connectivity index (χ0n) is 25.4. The van der Waals surface area contributed by atoms with Crippen molar-refractivity contribution in [3.63, 3.8) is 0 Å². The Kier molecular flexibility index (Phi) is 7.90. The summed E-state index contributed by atoms with van der Waals surface area (Å²) in [6.45, 7) is 6.12. The number of aryl methyl sites for hydroxylation is 1. The average Bonchev–Trinajstić information content (AvgIpc) is 3.64. The maximum Gasteiger partial charge on any atom is 0.310 e. The van der Waals surface area contributed by atoms with E-state index in [4.69, 9.17) is 14.8 Å². The van der Waals surface area contributed by atoms with E-state index in [-0.39, 0.29) is 24.7 Å². The Morgan fingerprint density at radius 1 is 0.957 bits per heavy atom. The number of aromatic amines is 1. The van der Waals surface area contributed by atoms with Crippen LogP contribution in [0.15, 0.2) is 91.1 Å². The summed E-state index contributed by atoms with van der Waals surface area (Å²) >= 11 is 0. The first kappa shape index (κ1) is 29.2. The van der Waals surface area contributed by atoms with Crippen LogP contribution >= 0.6 is 0 Å². The van der Waals surface area contributed by atoms with Crippen molar-refractivity contribution in [1.82, 2.24) is 24.5 Å². The van der Waals surface area contributed by atoms with Crippen molar-refractivity contribution in [2.45, 2.75) is 13.3 Å². The SMILES string of the molecule is Cc1nn2c(N3CCN(CCOC(=O)Cc4c[nH]c5ccc([N+](=O)[O-])cc45)CC3)cc(-c3ccccc3)nc2c1-c1ccccc1. The highest BCUT2D eigenvalue weighted by atomic mass is 16.6. The van der Waals surface area contributed by atoms with E-state index in [0.29, 0.717) is 17.5 Å². The van der Waals surface area contributed by atoms with Crippen molar-refractivity contribution >= 4 is 34.0 Å². The Labute approximate surface area is 265 Å². The fraction of sp³-hybridized carbons (Fsp3) is 0.229. The number of nitro groups is 1. The molecule has 11 heteroatoms. The van der Waals surface area contributed by atoms with Gasteiger partial charge in [-0.3, -0.25) is 19.8 Å². The Hall–Kier alpha value is -5.55. The van der Waals surface area contributed by atoms with Gasteiger partial charge in [-0.1, -0.05) is 60.7 Å². The summed E-state index contributed by atoms with van der Waals surface area (Å²) in [7, 11) is 0. The molecule has 0 aliphatic carbocycles. The number of hydrogen-bond donors (Lipinski definition) is 1. The number of rotatable bonds is 9. The summed E-state index contributed by atoms with van der Waals surface area (Å²) in [4.78, 5) is 36.2. The topological polar surface area (TPSA) is 122 Å². The number of ether oxygens (including phenoxy) is 1. The van der Waals surface area contributed by atoms with Gasteiger partial charge in [-0.15, -0.1) is 0 Å². The number of nitro benzene ring substituents is 1. The first-order valence-corrected chi connectivity index (χ1v) is 15.3. The molecule has 0 radical (unpaired) electrons. The van der Waals surface area contributed by atoms with Crippen molar-refractivity contribution in [2.75, 3.05) is 44.2 Å². The summed E-state index contributed by atoms with van der Waals surface area (Å²) in [5.74, 6) is 0.640. The molecule has 0 bridgehead atoms. The summed E-state index contributed by atoms with van der Waals surface area (Å²) < 4.78 is 7.55. The molecular weight excluding hydrogens is 582 g/mol. The van der Waals surface area contributed by atoms with E-state index >= 15 is 0 Å². The lowest BCUT2D eigenvalue weighted by Gasteiger charge is -2.36. The summed E-state index contributed by atoms with van der Waals surface area (Å²) in [6.07, 6.45) is 1.75. The molecule has 0 spiro atoms. The molecule has 1 N–H and O–H groups in total. The molecule has 0 unspecified atom stereocenters. The van der Waals surface area contributed by atoms with E-state index in [1.807, 2.05) is 47.8 Å². The molecule has 1 aliphatic heterocycles. The van der Waals surface area contributed by atoms with Gasteiger partial charge < -0.3 is 14.6 Å². The van der Waals surface area contributed by atoms with Gasteiger partial charge in [0.05, 0.1) is 22.7 Å². The van der Waals surface area contributed by atoms with Crippen molar-refractivity contribution in [1.29, 1.82) is 0 Å². The highest BCUT2D eigenvalue weighted by Gasteiger charge is 2.24. The van der Waals surface area contributed by atoms with Crippen LogP contribution in [0.1, 0.15) is 11.3 Å². The third kappa shape index (κ3) is 5.80. The number of non-ortho nitro benzene ring substituents is 1. The van der Waals surface area contributed by atoms with E-state index in [0.717, 1.165) is 71.2 Å². The fourth-order valence-electron chi connectivity index (χ4n) is 6.15. The van der Waals surface area contributed by atoms with Gasteiger partial charge in [0, 0.05) is 79.1 Å². The lowest BCUT2D eigenvalue weighted by molar-refractivity contribution is -0.384. The predicted molar refractivity (Wildman–Crippen MR) is 177 cm³/mol. The number of fused-ring (bicyclic) bond motifs is 2. The number of nitrogens with one attached hydrogen (secondary N) is 1. The van der Waals surface area contributed by atoms with Gasteiger partial charge in [0.2, 0.25) is 0 Å². The molecule has 1 aliphatic rings. The highest BCUT2D eigenvalue weighted by Crippen LogP contribution is 2.33. The van der Waals surface area contributed by atoms with E-state index in [2.05, 4.69) is 45.1 Å². The first-order chi connectivity index (χ1) is 22.4. The Bertz CT molecular complexity index is 2030. The number of hydrogen-bond acceptors (Lipinski definition) is 8. The van der Waals surface area contributed by atoms with Gasteiger partial charge in [0.15, 0.2) is 5.65 Å². The molecule has 0 amide bonds. The summed E-state index contributed by atoms with van der Waals surface area (Å²) in [6, 6.07) is 27.2. The molecule has 0 atom stereocenters. The van der Waals surface area contributed by atoms with Crippen LogP contribution < -0.4 is 4.90 Å². The summed E-state index contributed by atoms with van der Waals surface area (Å²) in [5, 5.41) is 16.8. The number of benzene rings is 3. The average molecular weight is 616 g/mol. The fourth-order valence-corrected chi connectivity index (χ4v) is 6.15. The lowest BCUT2D eigenvalue weighted by atomic mass is 10.1. The molecule has 7 rings (SSSR count). The second-order valence-electron chi connectivity index (χ2n) is 11.5. The van der Waals surface area contributed by atoms with Gasteiger partial charge in [0.1, 0.15) is 12.4 Å². The maximum absolute atomic E-state index is 12.6. The van der Waals surface area contributed by atoms with Crippen LogP contribution in [0, 0.1) is 17.0 Å². The number of carbonyl (C=O) groups excluding carboxylic acids is 1. The van der Waals surface area contributed by atoms with Crippen LogP contribution in [-0.2, 0) is 16.0 Å². The zero-order valence-corrected chi connectivity index (χ0v) is 25.4. The molecule has 3 aromatic carbocycles. The minimum Gasteiger partial charge on any atom is -0.464 e. The quantitative estimate of drug-likeness (QED) is 0.125. The van der Waals surface area contributed by atoms with Crippen molar-refractivity contribution in [2.24, 2.45) is 0 Å². The molecule has 4 heterocycles. The van der Waals surface area contributed by atoms with Crippen LogP contribution in [0.4, 0.5) is 11.5 Å². The standard InChI is InChI=1S/C35H33N7O4/c1-24-34(26-10-6-3-7-11-26)35-37-31(25-8-4-2-5-9-25)22-32(41(35)38-24)40-16-14-39(15-17-40)18-19-46-33(43)20-27-23-36-30-13-12-28(42(44)45)21-29(27)30/h2-13,21-23,36H,14-20H2,1H3. The number of anilines is 1. The Balaban J connectivity index is 1.03. The normalized spacial score (nSPS) is 13.8. The van der Waals surface area contributed by atoms with Gasteiger partial charge in [-0.25, -0.2) is 4.98 Å². The lowest BCUT2D eigenvalue weighted by Crippen LogP contribution is -2.48. The molecule has 3 aromatic heterocycles. The van der Waals surface area contributed by atoms with Gasteiger partial charge in [-0.05, 0) is 24.1 Å². The number of H-pyrrole nitrogens is 1. The van der Waals surface area contributed by atoms with E-state index in [9.17, 15) is 14.9 Å². The molecule has 1 saturated heterocycles. The molecule has 1 fully saturated rings. The smallest absolute Gasteiger partial charge is 0.310 e. The van der Waals surface area contributed by atoms with Crippen LogP contribution in [0.25, 0.3) is 38.9 Å². The third-order valence-corrected chi connectivity index (χ3v) is 8.54. The minimum absolute atomic E-state index is 0.0102. The van der Waals surface area contributed by atoms with Gasteiger partial charge >= 0.3 is 5.97 Å². The van der Waals surface area contributed by atoms with E-state index in [1.54, 1.807) is 12.3 Å². The molecular formula is C35H33N7O4. The number of carbonyl (C=O) groups is 1. The van der Waals surface area contributed by atoms with Gasteiger partial charge in [0.25, 0.3) is 5.69 Å².